The van der Waals surface area contributed by atoms with Crippen LogP contribution in [0.1, 0.15) is 0 Å². The van der Waals surface area contributed by atoms with Crippen LogP contribution in [0.2, 0.25) is 10.0 Å². The number of rotatable bonds is 5. The fourth-order valence-electron chi connectivity index (χ4n) is 1.96. The molecule has 24 heavy (non-hydrogen) atoms. The highest BCUT2D eigenvalue weighted by molar-refractivity contribution is 8.00. The summed E-state index contributed by atoms with van der Waals surface area (Å²) in [5.41, 5.74) is 1.61. The lowest BCUT2D eigenvalue weighted by molar-refractivity contribution is -0.113. The molecule has 0 fully saturated rings. The van der Waals surface area contributed by atoms with Gasteiger partial charge in [0.05, 0.1) is 11.4 Å². The van der Waals surface area contributed by atoms with E-state index in [9.17, 15) is 4.79 Å². The molecule has 2 aromatic carbocycles. The third kappa shape index (κ3) is 4.51. The van der Waals surface area contributed by atoms with E-state index in [0.717, 1.165) is 16.2 Å². The highest BCUT2D eigenvalue weighted by Crippen LogP contribution is 2.30. The normalized spacial score (nSPS) is 10.6. The van der Waals surface area contributed by atoms with Gasteiger partial charge in [-0.15, -0.1) is 23.1 Å². The van der Waals surface area contributed by atoms with Crippen LogP contribution in [0.25, 0.3) is 11.3 Å². The molecule has 3 aromatic rings. The first-order valence-electron chi connectivity index (χ1n) is 7.00. The zero-order valence-corrected chi connectivity index (χ0v) is 15.5. The van der Waals surface area contributed by atoms with E-state index in [1.54, 1.807) is 12.1 Å². The first-order chi connectivity index (χ1) is 11.6. The second-order valence-electron chi connectivity index (χ2n) is 4.81. The Kier molecular flexibility index (Phi) is 5.79. The van der Waals surface area contributed by atoms with Gasteiger partial charge in [-0.25, -0.2) is 4.98 Å². The lowest BCUT2D eigenvalue weighted by Crippen LogP contribution is -2.13. The number of halogens is 2. The number of nitrogens with zero attached hydrogens (tertiary/aromatic N) is 1. The van der Waals surface area contributed by atoms with Crippen molar-refractivity contribution in [1.29, 1.82) is 0 Å². The van der Waals surface area contributed by atoms with Crippen LogP contribution < -0.4 is 5.32 Å². The van der Waals surface area contributed by atoms with Crippen LogP contribution in [-0.2, 0) is 4.79 Å². The van der Waals surface area contributed by atoms with E-state index in [-0.39, 0.29) is 5.91 Å². The summed E-state index contributed by atoms with van der Waals surface area (Å²) < 4.78 is 0. The van der Waals surface area contributed by atoms with E-state index in [2.05, 4.69) is 10.3 Å². The van der Waals surface area contributed by atoms with Gasteiger partial charge in [0, 0.05) is 25.9 Å². The van der Waals surface area contributed by atoms with Crippen LogP contribution in [-0.4, -0.2) is 16.6 Å². The maximum atomic E-state index is 12.0. The topological polar surface area (TPSA) is 42.0 Å². The summed E-state index contributed by atoms with van der Waals surface area (Å²) in [6.07, 6.45) is 0. The molecule has 0 aliphatic rings. The fourth-order valence-corrected chi connectivity index (χ4v) is 3.74. The van der Waals surface area contributed by atoms with Crippen molar-refractivity contribution in [3.8, 4) is 11.3 Å². The summed E-state index contributed by atoms with van der Waals surface area (Å²) in [5, 5.41) is 6.57. The fraction of sp³-hybridized carbons (Fsp3) is 0.0588. The third-order valence-electron chi connectivity index (χ3n) is 3.08. The smallest absolute Gasteiger partial charge is 0.236 e. The van der Waals surface area contributed by atoms with Crippen molar-refractivity contribution in [1.82, 2.24) is 4.98 Å². The SMILES string of the molecule is O=C(CSc1ccc(Cl)cc1)Nc1nc(-c2ccccc2Cl)cs1. The summed E-state index contributed by atoms with van der Waals surface area (Å²) >= 11 is 14.8. The number of anilines is 1. The number of thiazole rings is 1. The Morgan fingerprint density at radius 3 is 2.62 bits per heavy atom. The Labute approximate surface area is 158 Å². The number of hydrogen-bond acceptors (Lipinski definition) is 4. The lowest BCUT2D eigenvalue weighted by Gasteiger charge is -2.02. The summed E-state index contributed by atoms with van der Waals surface area (Å²) in [5.74, 6) is 0.206. The molecule has 7 heteroatoms. The number of amides is 1. The number of benzene rings is 2. The van der Waals surface area contributed by atoms with Crippen molar-refractivity contribution in [3.05, 3.63) is 64.0 Å². The maximum Gasteiger partial charge on any atom is 0.236 e. The lowest BCUT2D eigenvalue weighted by atomic mass is 10.2. The van der Waals surface area contributed by atoms with Crippen LogP contribution >= 0.6 is 46.3 Å². The number of carbonyl (C=O) groups excluding carboxylic acids is 1. The quantitative estimate of drug-likeness (QED) is 0.551. The molecule has 1 heterocycles. The van der Waals surface area contributed by atoms with Crippen molar-refractivity contribution in [2.75, 3.05) is 11.1 Å². The molecule has 3 rings (SSSR count). The molecule has 3 nitrogen and oxygen atoms in total. The first-order valence-corrected chi connectivity index (χ1v) is 9.62. The van der Waals surface area contributed by atoms with Gasteiger partial charge in [0.1, 0.15) is 0 Å². The van der Waals surface area contributed by atoms with E-state index < -0.39 is 0 Å². The van der Waals surface area contributed by atoms with Gasteiger partial charge in [-0.3, -0.25) is 4.79 Å². The second kappa shape index (κ2) is 8.03. The number of aromatic nitrogens is 1. The zero-order chi connectivity index (χ0) is 16.9. The van der Waals surface area contributed by atoms with Gasteiger partial charge < -0.3 is 5.32 Å². The van der Waals surface area contributed by atoms with E-state index in [1.807, 2.05) is 41.8 Å². The van der Waals surface area contributed by atoms with Crippen molar-refractivity contribution in [2.24, 2.45) is 0 Å². The summed E-state index contributed by atoms with van der Waals surface area (Å²) in [6, 6.07) is 14.9. The molecule has 0 saturated carbocycles. The van der Waals surface area contributed by atoms with Gasteiger partial charge in [0.2, 0.25) is 5.91 Å². The van der Waals surface area contributed by atoms with Crippen molar-refractivity contribution >= 4 is 57.3 Å². The Hall–Kier alpha value is -1.53. The molecule has 0 unspecified atom stereocenters. The minimum absolute atomic E-state index is 0.102. The summed E-state index contributed by atoms with van der Waals surface area (Å²) in [4.78, 5) is 17.5. The monoisotopic (exact) mass is 394 g/mol. The second-order valence-corrected chi connectivity index (χ2v) is 7.56. The van der Waals surface area contributed by atoms with Crippen molar-refractivity contribution < 1.29 is 4.79 Å². The predicted molar refractivity (Wildman–Crippen MR) is 103 cm³/mol. The molecule has 1 N–H and O–H groups in total. The van der Waals surface area contributed by atoms with Crippen LogP contribution in [0.3, 0.4) is 0 Å². The average Bonchev–Trinajstić information content (AvgIpc) is 3.03. The van der Waals surface area contributed by atoms with E-state index in [1.165, 1.54) is 23.1 Å². The van der Waals surface area contributed by atoms with Gasteiger partial charge in [-0.1, -0.05) is 41.4 Å². The molecule has 122 valence electrons. The Bertz CT molecular complexity index is 850. The van der Waals surface area contributed by atoms with Gasteiger partial charge in [0.15, 0.2) is 5.13 Å². The molecule has 1 aromatic heterocycles. The number of thioether (sulfide) groups is 1. The maximum absolute atomic E-state index is 12.0. The predicted octanol–water partition coefficient (Wildman–Crippen LogP) is 5.85. The van der Waals surface area contributed by atoms with Crippen LogP contribution in [0.4, 0.5) is 5.13 Å². The molecule has 0 atom stereocenters. The highest BCUT2D eigenvalue weighted by Gasteiger charge is 2.10. The molecular formula is C17H12Cl2N2OS2. The first kappa shape index (κ1) is 17.3. The molecule has 0 radical (unpaired) electrons. The van der Waals surface area contributed by atoms with E-state index >= 15 is 0 Å². The molecular weight excluding hydrogens is 383 g/mol. The van der Waals surface area contributed by atoms with Gasteiger partial charge in [-0.2, -0.15) is 0 Å². The Morgan fingerprint density at radius 2 is 1.88 bits per heavy atom. The number of nitrogens with one attached hydrogen (secondary N) is 1. The summed E-state index contributed by atoms with van der Waals surface area (Å²) in [7, 11) is 0. The Morgan fingerprint density at radius 1 is 1.12 bits per heavy atom. The largest absolute Gasteiger partial charge is 0.301 e. The average molecular weight is 395 g/mol. The van der Waals surface area contributed by atoms with Gasteiger partial charge >= 0.3 is 0 Å². The van der Waals surface area contributed by atoms with Gasteiger partial charge in [0.25, 0.3) is 0 Å². The van der Waals surface area contributed by atoms with Crippen LogP contribution in [0, 0.1) is 0 Å². The minimum Gasteiger partial charge on any atom is -0.301 e. The van der Waals surface area contributed by atoms with Crippen LogP contribution in [0.15, 0.2) is 58.8 Å². The third-order valence-corrected chi connectivity index (χ3v) is 5.44. The standard InChI is InChI=1S/C17H12Cl2N2OS2/c18-11-5-7-12(8-6-11)23-10-16(22)21-17-20-15(9-24-17)13-3-1-2-4-14(13)19/h1-9H,10H2,(H,20,21,22). The zero-order valence-electron chi connectivity index (χ0n) is 12.3. The van der Waals surface area contributed by atoms with Crippen molar-refractivity contribution in [3.63, 3.8) is 0 Å². The number of hydrogen-bond donors (Lipinski definition) is 1. The Balaban J connectivity index is 1.59. The molecule has 0 saturated heterocycles. The molecule has 0 spiro atoms. The van der Waals surface area contributed by atoms with E-state index in [0.29, 0.717) is 20.9 Å². The summed E-state index contributed by atoms with van der Waals surface area (Å²) in [6.45, 7) is 0. The number of carbonyl (C=O) groups is 1. The minimum atomic E-state index is -0.102. The highest BCUT2D eigenvalue weighted by atomic mass is 35.5. The molecule has 0 aliphatic carbocycles. The van der Waals surface area contributed by atoms with Gasteiger partial charge in [-0.05, 0) is 30.3 Å². The van der Waals surface area contributed by atoms with Crippen molar-refractivity contribution in [2.45, 2.75) is 4.90 Å². The molecule has 0 bridgehead atoms. The van der Waals surface area contributed by atoms with E-state index in [4.69, 9.17) is 23.2 Å². The molecule has 1 amide bonds. The molecule has 0 aliphatic heterocycles. The van der Waals surface area contributed by atoms with Crippen LogP contribution in [0.5, 0.6) is 0 Å².